The predicted molar refractivity (Wildman–Crippen MR) is 82.4 cm³/mol. The lowest BCUT2D eigenvalue weighted by molar-refractivity contribution is 0.439. The van der Waals surface area contributed by atoms with Crippen molar-refractivity contribution in [3.63, 3.8) is 0 Å². The van der Waals surface area contributed by atoms with E-state index in [1.54, 1.807) is 0 Å². The van der Waals surface area contributed by atoms with Crippen molar-refractivity contribution >= 4 is 22.5 Å². The molecular weight excluding hydrogens is 284 g/mol. The maximum Gasteiger partial charge on any atom is 0.261 e. The summed E-state index contributed by atoms with van der Waals surface area (Å²) in [5.74, 6) is 4.17. The van der Waals surface area contributed by atoms with Gasteiger partial charge in [0.1, 0.15) is 5.82 Å². The van der Waals surface area contributed by atoms with Crippen LogP contribution in [0.2, 0.25) is 0 Å². The maximum atomic E-state index is 12.9. The third-order valence-corrected chi connectivity index (χ3v) is 6.23. The second kappa shape index (κ2) is 4.10. The summed E-state index contributed by atoms with van der Waals surface area (Å²) in [7, 11) is 0. The average Bonchev–Trinajstić information content (AvgIpc) is 2.92. The molecule has 0 aliphatic heterocycles. The Hall–Kier alpha value is -1.35. The molecule has 1 aromatic heterocycles. The van der Waals surface area contributed by atoms with Gasteiger partial charge < -0.3 is 0 Å². The summed E-state index contributed by atoms with van der Waals surface area (Å²) in [5, 5.41) is 0.726. The van der Waals surface area contributed by atoms with Crippen molar-refractivity contribution in [1.82, 2.24) is 9.55 Å². The molecule has 2 bridgehead atoms. The molecule has 21 heavy (non-hydrogen) atoms. The van der Waals surface area contributed by atoms with Crippen molar-refractivity contribution < 1.29 is 0 Å². The summed E-state index contributed by atoms with van der Waals surface area (Å²) in [5.41, 5.74) is 0.873. The lowest BCUT2D eigenvalue weighted by Crippen LogP contribution is -2.26. The molecule has 3 saturated carbocycles. The van der Waals surface area contributed by atoms with E-state index in [2.05, 4.69) is 4.98 Å². The molecule has 0 N–H and O–H groups in total. The van der Waals surface area contributed by atoms with Gasteiger partial charge in [-0.25, -0.2) is 4.98 Å². The lowest BCUT2D eigenvalue weighted by Gasteiger charge is -2.15. The number of halogens is 1. The molecule has 2 aromatic rings. The number of hydrogen-bond donors (Lipinski definition) is 0. The van der Waals surface area contributed by atoms with Crippen molar-refractivity contribution in [1.29, 1.82) is 0 Å². The first-order valence-corrected chi connectivity index (χ1v) is 8.39. The van der Waals surface area contributed by atoms with Crippen LogP contribution in [0.4, 0.5) is 0 Å². The number of benzene rings is 1. The van der Waals surface area contributed by atoms with Crippen LogP contribution in [0.15, 0.2) is 29.1 Å². The first kappa shape index (κ1) is 12.2. The summed E-state index contributed by atoms with van der Waals surface area (Å²) in [4.78, 5) is 17.6. The molecule has 3 aliphatic rings. The molecule has 0 radical (unpaired) electrons. The Kier molecular flexibility index (Phi) is 2.38. The van der Waals surface area contributed by atoms with Crippen LogP contribution in [-0.4, -0.2) is 9.55 Å². The molecule has 0 amide bonds. The minimum Gasteiger partial charge on any atom is -0.291 e. The third-order valence-electron chi connectivity index (χ3n) is 5.99. The quantitative estimate of drug-likeness (QED) is 0.797. The largest absolute Gasteiger partial charge is 0.291 e. The summed E-state index contributed by atoms with van der Waals surface area (Å²) in [6, 6.07) is 7.98. The van der Waals surface area contributed by atoms with E-state index >= 15 is 0 Å². The Labute approximate surface area is 127 Å². The van der Waals surface area contributed by atoms with Crippen LogP contribution in [0.5, 0.6) is 0 Å². The maximum absolute atomic E-state index is 12.9. The minimum absolute atomic E-state index is 0.107. The fourth-order valence-corrected chi connectivity index (χ4v) is 5.41. The zero-order valence-electron chi connectivity index (χ0n) is 11.7. The van der Waals surface area contributed by atoms with Gasteiger partial charge in [0, 0.05) is 6.04 Å². The molecule has 1 aromatic carbocycles. The molecule has 4 unspecified atom stereocenters. The predicted octanol–water partition coefficient (Wildman–Crippen LogP) is 3.35. The molecule has 4 atom stereocenters. The van der Waals surface area contributed by atoms with Crippen LogP contribution >= 0.6 is 11.6 Å². The second-order valence-corrected chi connectivity index (χ2v) is 7.10. The normalized spacial score (nSPS) is 36.1. The zero-order valence-corrected chi connectivity index (χ0v) is 12.5. The summed E-state index contributed by atoms with van der Waals surface area (Å²) in [6.45, 7) is 0. The Morgan fingerprint density at radius 2 is 1.90 bits per heavy atom. The van der Waals surface area contributed by atoms with Gasteiger partial charge in [-0.3, -0.25) is 9.36 Å². The van der Waals surface area contributed by atoms with Gasteiger partial charge in [-0.2, -0.15) is 0 Å². The Balaban J connectivity index is 1.70. The highest BCUT2D eigenvalue weighted by Gasteiger charge is 2.66. The third kappa shape index (κ3) is 1.50. The Morgan fingerprint density at radius 3 is 2.62 bits per heavy atom. The van der Waals surface area contributed by atoms with E-state index in [-0.39, 0.29) is 5.56 Å². The first-order chi connectivity index (χ1) is 10.3. The van der Waals surface area contributed by atoms with Gasteiger partial charge in [0.15, 0.2) is 0 Å². The molecule has 5 rings (SSSR count). The number of fused-ring (bicyclic) bond motifs is 6. The summed E-state index contributed by atoms with van der Waals surface area (Å²) >= 11 is 6.10. The number of hydrogen-bond acceptors (Lipinski definition) is 2. The van der Waals surface area contributed by atoms with E-state index in [9.17, 15) is 4.79 Å². The second-order valence-electron chi connectivity index (χ2n) is 6.83. The first-order valence-electron chi connectivity index (χ1n) is 7.85. The molecule has 0 saturated heterocycles. The number of nitrogens with zero attached hydrogens (tertiary/aromatic N) is 2. The Bertz CT molecular complexity index is 783. The fourth-order valence-electron chi connectivity index (χ4n) is 5.22. The smallest absolute Gasteiger partial charge is 0.261 e. The van der Waals surface area contributed by atoms with Crippen molar-refractivity contribution in [3.05, 3.63) is 40.4 Å². The van der Waals surface area contributed by atoms with Crippen molar-refractivity contribution in [2.24, 2.45) is 23.7 Å². The highest BCUT2D eigenvalue weighted by molar-refractivity contribution is 6.16. The minimum atomic E-state index is 0.107. The van der Waals surface area contributed by atoms with Gasteiger partial charge in [-0.05, 0) is 55.1 Å². The van der Waals surface area contributed by atoms with Crippen LogP contribution < -0.4 is 5.56 Å². The van der Waals surface area contributed by atoms with Gasteiger partial charge in [0.2, 0.25) is 0 Å². The summed E-state index contributed by atoms with van der Waals surface area (Å²) in [6.07, 6.45) is 4.10. The van der Waals surface area contributed by atoms with Crippen molar-refractivity contribution in [2.45, 2.75) is 31.2 Å². The van der Waals surface area contributed by atoms with Gasteiger partial charge in [-0.1, -0.05) is 12.1 Å². The van der Waals surface area contributed by atoms with Gasteiger partial charge >= 0.3 is 0 Å². The molecule has 0 spiro atoms. The molecule has 3 aliphatic carbocycles. The van der Waals surface area contributed by atoms with Crippen LogP contribution in [0, 0.1) is 23.7 Å². The topological polar surface area (TPSA) is 34.9 Å². The van der Waals surface area contributed by atoms with Crippen LogP contribution in [0.25, 0.3) is 10.9 Å². The van der Waals surface area contributed by atoms with Crippen LogP contribution in [0.1, 0.15) is 31.1 Å². The highest BCUT2D eigenvalue weighted by atomic mass is 35.5. The Morgan fingerprint density at radius 1 is 1.19 bits per heavy atom. The van der Waals surface area contributed by atoms with Gasteiger partial charge in [-0.15, -0.1) is 11.6 Å². The SMILES string of the molecule is O=c1c2ccccc2nc(CCl)n1C1C2C3CCC(C3)C21. The number of aromatic nitrogens is 2. The van der Waals surface area contributed by atoms with Crippen molar-refractivity contribution in [2.75, 3.05) is 0 Å². The highest BCUT2D eigenvalue weighted by Crippen LogP contribution is 2.71. The van der Waals surface area contributed by atoms with Gasteiger partial charge in [0.25, 0.3) is 5.56 Å². The summed E-state index contributed by atoms with van der Waals surface area (Å²) < 4.78 is 1.94. The average molecular weight is 301 g/mol. The standard InChI is InChI=1S/C17H17ClN2O/c18-8-13-19-12-4-2-1-3-11(12)17(21)20(13)16-14-9-5-6-10(7-9)15(14)16/h1-4,9-10,14-16H,5-8H2. The number of alkyl halides is 1. The van der Waals surface area contributed by atoms with Gasteiger partial charge in [0.05, 0.1) is 16.8 Å². The van der Waals surface area contributed by atoms with E-state index in [1.807, 2.05) is 28.8 Å². The molecular formula is C17H17ClN2O. The van der Waals surface area contributed by atoms with E-state index < -0.39 is 0 Å². The number of rotatable bonds is 2. The lowest BCUT2D eigenvalue weighted by atomic mass is 10.0. The molecule has 4 heteroatoms. The molecule has 108 valence electrons. The molecule has 3 fully saturated rings. The van der Waals surface area contributed by atoms with Crippen LogP contribution in [0.3, 0.4) is 0 Å². The van der Waals surface area contributed by atoms with E-state index in [4.69, 9.17) is 11.6 Å². The molecule has 3 nitrogen and oxygen atoms in total. The fraction of sp³-hybridized carbons (Fsp3) is 0.529. The zero-order chi connectivity index (χ0) is 14.1. The van der Waals surface area contributed by atoms with Crippen LogP contribution in [-0.2, 0) is 5.88 Å². The monoisotopic (exact) mass is 300 g/mol. The van der Waals surface area contributed by atoms with Crippen molar-refractivity contribution in [3.8, 4) is 0 Å². The van der Waals surface area contributed by atoms with E-state index in [0.717, 1.165) is 28.6 Å². The van der Waals surface area contributed by atoms with E-state index in [1.165, 1.54) is 19.3 Å². The molecule has 1 heterocycles. The van der Waals surface area contributed by atoms with E-state index in [0.29, 0.717) is 23.8 Å². The number of para-hydroxylation sites is 1.